The van der Waals surface area contributed by atoms with E-state index in [0.29, 0.717) is 34.4 Å². The Bertz CT molecular complexity index is 1410. The summed E-state index contributed by atoms with van der Waals surface area (Å²) >= 11 is 0. The lowest BCUT2D eigenvalue weighted by Gasteiger charge is -2.15. The Morgan fingerprint density at radius 1 is 1.00 bits per heavy atom. The molecule has 4 rings (SSSR count). The van der Waals surface area contributed by atoms with Gasteiger partial charge in [-0.1, -0.05) is 17.7 Å². The van der Waals surface area contributed by atoms with Crippen LogP contribution in [0.2, 0.25) is 0 Å². The van der Waals surface area contributed by atoms with E-state index in [9.17, 15) is 9.59 Å². The number of H-pyrrole nitrogens is 1. The Morgan fingerprint density at radius 2 is 1.80 bits per heavy atom. The fourth-order valence-electron chi connectivity index (χ4n) is 3.63. The van der Waals surface area contributed by atoms with Gasteiger partial charge in [0, 0.05) is 17.6 Å². The van der Waals surface area contributed by atoms with Crippen LogP contribution >= 0.6 is 0 Å². The van der Waals surface area contributed by atoms with E-state index in [1.807, 2.05) is 58.3 Å². The SMILES string of the molecule is Cc1ccc(Nc2nc(Nc3cc(NC(=O)CN(C)C)ccc3C)nc3[nH]ccc23)c(C(N)=O)c1. The third-order valence-electron chi connectivity index (χ3n) is 5.34. The van der Waals surface area contributed by atoms with Crippen molar-refractivity contribution in [1.82, 2.24) is 19.9 Å². The first-order valence-electron chi connectivity index (χ1n) is 11.0. The number of carbonyl (C=O) groups is 2. The number of rotatable bonds is 8. The van der Waals surface area contributed by atoms with Crippen LogP contribution in [0.5, 0.6) is 0 Å². The van der Waals surface area contributed by atoms with Gasteiger partial charge in [-0.15, -0.1) is 0 Å². The summed E-state index contributed by atoms with van der Waals surface area (Å²) in [7, 11) is 3.68. The number of nitrogens with zero attached hydrogens (tertiary/aromatic N) is 3. The zero-order valence-electron chi connectivity index (χ0n) is 20.1. The summed E-state index contributed by atoms with van der Waals surface area (Å²) < 4.78 is 0. The van der Waals surface area contributed by atoms with E-state index in [4.69, 9.17) is 5.73 Å². The molecular formula is C25H28N8O2. The Morgan fingerprint density at radius 3 is 2.54 bits per heavy atom. The van der Waals surface area contributed by atoms with Gasteiger partial charge >= 0.3 is 0 Å². The fourth-order valence-corrected chi connectivity index (χ4v) is 3.63. The predicted octanol–water partition coefficient (Wildman–Crippen LogP) is 3.66. The number of carbonyl (C=O) groups excluding carboxylic acids is 2. The van der Waals surface area contributed by atoms with Crippen LogP contribution in [0.1, 0.15) is 21.5 Å². The van der Waals surface area contributed by atoms with E-state index in [1.54, 1.807) is 23.2 Å². The fraction of sp³-hybridized carbons (Fsp3) is 0.200. The van der Waals surface area contributed by atoms with Gasteiger partial charge in [0.15, 0.2) is 0 Å². The normalized spacial score (nSPS) is 11.0. The molecule has 180 valence electrons. The highest BCUT2D eigenvalue weighted by Gasteiger charge is 2.14. The molecule has 0 saturated carbocycles. The number of nitrogens with one attached hydrogen (secondary N) is 4. The Labute approximate surface area is 203 Å². The molecule has 0 fully saturated rings. The number of aryl methyl sites for hydroxylation is 2. The van der Waals surface area contributed by atoms with Gasteiger partial charge < -0.3 is 31.6 Å². The lowest BCUT2D eigenvalue weighted by molar-refractivity contribution is -0.116. The maximum Gasteiger partial charge on any atom is 0.250 e. The van der Waals surface area contributed by atoms with Crippen LogP contribution in [-0.2, 0) is 4.79 Å². The first kappa shape index (κ1) is 23.7. The first-order chi connectivity index (χ1) is 16.7. The molecular weight excluding hydrogens is 444 g/mol. The second-order valence-corrected chi connectivity index (χ2v) is 8.61. The maximum atomic E-state index is 12.2. The molecule has 0 radical (unpaired) electrons. The van der Waals surface area contributed by atoms with E-state index in [0.717, 1.165) is 22.2 Å². The summed E-state index contributed by atoms with van der Waals surface area (Å²) in [6.07, 6.45) is 1.77. The van der Waals surface area contributed by atoms with Gasteiger partial charge in [0.05, 0.1) is 23.2 Å². The van der Waals surface area contributed by atoms with Crippen LogP contribution in [0.15, 0.2) is 48.7 Å². The van der Waals surface area contributed by atoms with Crippen molar-refractivity contribution in [2.45, 2.75) is 13.8 Å². The summed E-state index contributed by atoms with van der Waals surface area (Å²) in [5, 5.41) is 10.1. The largest absolute Gasteiger partial charge is 0.366 e. The van der Waals surface area contributed by atoms with Crippen LogP contribution in [0, 0.1) is 13.8 Å². The van der Waals surface area contributed by atoms with Crippen LogP contribution in [0.4, 0.5) is 28.8 Å². The number of hydrogen-bond acceptors (Lipinski definition) is 7. The van der Waals surface area contributed by atoms with E-state index >= 15 is 0 Å². The van der Waals surface area contributed by atoms with Crippen molar-refractivity contribution in [2.75, 3.05) is 36.6 Å². The van der Waals surface area contributed by atoms with Crippen molar-refractivity contribution >= 4 is 51.7 Å². The van der Waals surface area contributed by atoms with Crippen LogP contribution in [0.25, 0.3) is 11.0 Å². The average molecular weight is 473 g/mol. The number of nitrogens with two attached hydrogens (primary N) is 1. The summed E-state index contributed by atoms with van der Waals surface area (Å²) in [6, 6.07) is 12.9. The standard InChI is InChI=1S/C25H28N8O2/c1-14-5-8-19(18(11-14)22(26)35)29-24-17-9-10-27-23(17)31-25(32-24)30-20-12-16(7-6-15(20)2)28-21(34)13-33(3)4/h5-12H,13H2,1-4H3,(H2,26,35)(H,28,34)(H3,27,29,30,31,32). The third kappa shape index (κ3) is 5.56. The minimum atomic E-state index is -0.530. The highest BCUT2D eigenvalue weighted by Crippen LogP contribution is 2.29. The first-order valence-corrected chi connectivity index (χ1v) is 11.0. The van der Waals surface area contributed by atoms with Crippen molar-refractivity contribution in [1.29, 1.82) is 0 Å². The number of aromatic amines is 1. The van der Waals surface area contributed by atoms with Gasteiger partial charge in [-0.3, -0.25) is 9.59 Å². The molecule has 10 heteroatoms. The summed E-state index contributed by atoms with van der Waals surface area (Å²) in [6.45, 7) is 4.13. The molecule has 0 bridgehead atoms. The molecule has 0 aliphatic rings. The molecule has 0 atom stereocenters. The second kappa shape index (κ2) is 9.82. The Kier molecular flexibility index (Phi) is 6.65. The number of likely N-dealkylation sites (N-methyl/N-ethyl adjacent to an activating group) is 1. The topological polar surface area (TPSA) is 141 Å². The van der Waals surface area contributed by atoms with Crippen molar-refractivity contribution in [3.63, 3.8) is 0 Å². The smallest absolute Gasteiger partial charge is 0.250 e. The van der Waals surface area contributed by atoms with E-state index in [1.165, 1.54) is 0 Å². The van der Waals surface area contributed by atoms with Crippen LogP contribution in [0.3, 0.4) is 0 Å². The highest BCUT2D eigenvalue weighted by molar-refractivity contribution is 6.01. The molecule has 0 spiro atoms. The zero-order chi connectivity index (χ0) is 25.1. The molecule has 2 aromatic heterocycles. The molecule has 6 N–H and O–H groups in total. The van der Waals surface area contributed by atoms with Gasteiger partial charge in [0.1, 0.15) is 11.5 Å². The van der Waals surface area contributed by atoms with E-state index in [-0.39, 0.29) is 12.5 Å². The molecule has 2 heterocycles. The van der Waals surface area contributed by atoms with Gasteiger partial charge in [-0.25, -0.2) is 0 Å². The zero-order valence-corrected chi connectivity index (χ0v) is 20.1. The molecule has 0 unspecified atom stereocenters. The van der Waals surface area contributed by atoms with Crippen LogP contribution in [-0.4, -0.2) is 52.3 Å². The summed E-state index contributed by atoms with van der Waals surface area (Å²) in [5.41, 5.74) is 10.4. The lowest BCUT2D eigenvalue weighted by atomic mass is 10.1. The van der Waals surface area contributed by atoms with Crippen LogP contribution < -0.4 is 21.7 Å². The number of anilines is 5. The van der Waals surface area contributed by atoms with Crippen molar-refractivity contribution < 1.29 is 9.59 Å². The molecule has 35 heavy (non-hydrogen) atoms. The highest BCUT2D eigenvalue weighted by atomic mass is 16.2. The number of fused-ring (bicyclic) bond motifs is 1. The quantitative estimate of drug-likeness (QED) is 0.263. The maximum absolute atomic E-state index is 12.2. The monoisotopic (exact) mass is 472 g/mol. The molecule has 4 aromatic rings. The molecule has 2 aromatic carbocycles. The number of hydrogen-bond donors (Lipinski definition) is 5. The minimum absolute atomic E-state index is 0.108. The lowest BCUT2D eigenvalue weighted by Crippen LogP contribution is -2.27. The number of amides is 2. The van der Waals surface area contributed by atoms with E-state index in [2.05, 4.69) is 30.9 Å². The van der Waals surface area contributed by atoms with Gasteiger partial charge in [-0.05, 0) is 63.8 Å². The van der Waals surface area contributed by atoms with Crippen molar-refractivity contribution in [2.24, 2.45) is 5.73 Å². The van der Waals surface area contributed by atoms with Gasteiger partial charge in [0.2, 0.25) is 11.9 Å². The third-order valence-corrected chi connectivity index (χ3v) is 5.34. The molecule has 2 amide bonds. The molecule has 0 aliphatic carbocycles. The predicted molar refractivity (Wildman–Crippen MR) is 139 cm³/mol. The second-order valence-electron chi connectivity index (χ2n) is 8.61. The van der Waals surface area contributed by atoms with E-state index < -0.39 is 5.91 Å². The minimum Gasteiger partial charge on any atom is -0.366 e. The van der Waals surface area contributed by atoms with Gasteiger partial charge in [-0.2, -0.15) is 9.97 Å². The Hall–Kier alpha value is -4.44. The number of aromatic nitrogens is 3. The molecule has 0 saturated heterocycles. The number of primary amides is 1. The Balaban J connectivity index is 1.66. The van der Waals surface area contributed by atoms with Gasteiger partial charge in [0.25, 0.3) is 5.91 Å². The summed E-state index contributed by atoms with van der Waals surface area (Å²) in [4.78, 5) is 38.3. The molecule has 10 nitrogen and oxygen atoms in total. The van der Waals surface area contributed by atoms with Crippen molar-refractivity contribution in [3.05, 3.63) is 65.4 Å². The van der Waals surface area contributed by atoms with Crippen molar-refractivity contribution in [3.8, 4) is 0 Å². The average Bonchev–Trinajstić information content (AvgIpc) is 3.25. The number of benzene rings is 2. The summed E-state index contributed by atoms with van der Waals surface area (Å²) in [5.74, 6) is 0.217. The molecule has 0 aliphatic heterocycles.